The molecule has 0 saturated heterocycles. The Morgan fingerprint density at radius 3 is 2.08 bits per heavy atom. The summed E-state index contributed by atoms with van der Waals surface area (Å²) >= 11 is 0. The maximum Gasteiger partial charge on any atom is 0.304 e. The van der Waals surface area contributed by atoms with Crippen molar-refractivity contribution < 1.29 is 19.8 Å². The van der Waals surface area contributed by atoms with Gasteiger partial charge in [-0.15, -0.1) is 0 Å². The van der Waals surface area contributed by atoms with E-state index in [1.807, 2.05) is 31.2 Å². The van der Waals surface area contributed by atoms with E-state index >= 15 is 0 Å². The zero-order valence-electron chi connectivity index (χ0n) is 14.1. The summed E-state index contributed by atoms with van der Waals surface area (Å²) in [5.74, 6) is -1.03. The van der Waals surface area contributed by atoms with Gasteiger partial charge in [0.15, 0.2) is 0 Å². The van der Waals surface area contributed by atoms with Crippen molar-refractivity contribution in [1.82, 2.24) is 0 Å². The van der Waals surface area contributed by atoms with Crippen LogP contribution in [0.15, 0.2) is 48.5 Å². The minimum atomic E-state index is -0.970. The molecule has 0 saturated carbocycles. The number of hydrogen-bond acceptors (Lipinski definition) is 3. The van der Waals surface area contributed by atoms with Crippen LogP contribution in [0.25, 0.3) is 0 Å². The molecule has 1 aliphatic carbocycles. The average Bonchev–Trinajstić information content (AvgIpc) is 2.95. The molecule has 5 nitrogen and oxygen atoms in total. The van der Waals surface area contributed by atoms with Crippen LogP contribution in [0.1, 0.15) is 24.5 Å². The smallest absolute Gasteiger partial charge is 0.304 e. The van der Waals surface area contributed by atoms with Crippen molar-refractivity contribution in [2.75, 3.05) is 11.4 Å². The Morgan fingerprint density at radius 1 is 1.04 bits per heavy atom. The lowest BCUT2D eigenvalue weighted by atomic mass is 9.79. The molecule has 25 heavy (non-hydrogen) atoms. The molecule has 2 aromatic carbocycles. The molecular weight excluding hydrogens is 318 g/mol. The minimum absolute atomic E-state index is 0.126. The molecule has 2 aromatic rings. The van der Waals surface area contributed by atoms with Crippen LogP contribution < -0.4 is 4.90 Å². The lowest BCUT2D eigenvalue weighted by Crippen LogP contribution is -2.46. The van der Waals surface area contributed by atoms with E-state index in [-0.39, 0.29) is 18.1 Å². The zero-order valence-corrected chi connectivity index (χ0v) is 14.1. The number of phenolic OH excluding ortho intramolecular Hbond substituents is 1. The number of carbonyl (C=O) groups is 2. The van der Waals surface area contributed by atoms with Crippen LogP contribution in [0, 0.1) is 5.41 Å². The lowest BCUT2D eigenvalue weighted by Gasteiger charge is -2.33. The Bertz CT molecular complexity index is 773. The second-order valence-electron chi connectivity index (χ2n) is 6.54. The molecule has 0 bridgehead atoms. The molecule has 0 radical (unpaired) electrons. The summed E-state index contributed by atoms with van der Waals surface area (Å²) in [6.07, 6.45) is 0.668. The lowest BCUT2D eigenvalue weighted by molar-refractivity contribution is -0.144. The molecule has 1 amide bonds. The summed E-state index contributed by atoms with van der Waals surface area (Å²) in [5.41, 5.74) is 1.77. The van der Waals surface area contributed by atoms with Gasteiger partial charge in [0.2, 0.25) is 5.91 Å². The standard InChI is InChI=1S/C20H21NO4/c1-2-21(16-7-9-17(22)10-8-16)19(25)20(13-18(23)24)11-14-5-3-4-6-15(14)12-20/h3-10,22H,2,11-13H2,1H3,(H,23,24). The van der Waals surface area contributed by atoms with Crippen LogP contribution in [-0.2, 0) is 22.4 Å². The van der Waals surface area contributed by atoms with Gasteiger partial charge in [-0.25, -0.2) is 0 Å². The third-order valence-electron chi connectivity index (χ3n) is 4.84. The third-order valence-corrected chi connectivity index (χ3v) is 4.84. The van der Waals surface area contributed by atoms with Gasteiger partial charge < -0.3 is 15.1 Å². The molecule has 0 heterocycles. The van der Waals surface area contributed by atoms with Crippen molar-refractivity contribution in [3.8, 4) is 5.75 Å². The number of fused-ring (bicyclic) bond motifs is 1. The van der Waals surface area contributed by atoms with Crippen molar-refractivity contribution in [1.29, 1.82) is 0 Å². The highest BCUT2D eigenvalue weighted by atomic mass is 16.4. The summed E-state index contributed by atoms with van der Waals surface area (Å²) in [6.45, 7) is 2.29. The number of carbonyl (C=O) groups excluding carboxylic acids is 1. The fourth-order valence-corrected chi connectivity index (χ4v) is 3.70. The monoisotopic (exact) mass is 339 g/mol. The number of hydrogen-bond donors (Lipinski definition) is 2. The van der Waals surface area contributed by atoms with Crippen LogP contribution in [0.2, 0.25) is 0 Å². The first-order valence-electron chi connectivity index (χ1n) is 8.35. The normalized spacial score (nSPS) is 14.8. The molecule has 0 aromatic heterocycles. The minimum Gasteiger partial charge on any atom is -0.508 e. The molecule has 5 heteroatoms. The number of benzene rings is 2. The van der Waals surface area contributed by atoms with E-state index in [0.717, 1.165) is 11.1 Å². The molecule has 0 aliphatic heterocycles. The molecule has 1 aliphatic rings. The fraction of sp³-hybridized carbons (Fsp3) is 0.300. The molecule has 130 valence electrons. The maximum absolute atomic E-state index is 13.4. The molecule has 0 spiro atoms. The molecule has 3 rings (SSSR count). The third kappa shape index (κ3) is 3.22. The van der Waals surface area contributed by atoms with Crippen LogP contribution in [0.4, 0.5) is 5.69 Å². The van der Waals surface area contributed by atoms with Gasteiger partial charge in [0.1, 0.15) is 5.75 Å². The topological polar surface area (TPSA) is 77.8 Å². The van der Waals surface area contributed by atoms with Crippen molar-refractivity contribution >= 4 is 17.6 Å². The Hall–Kier alpha value is -2.82. The molecule has 2 N–H and O–H groups in total. The van der Waals surface area contributed by atoms with E-state index in [2.05, 4.69) is 0 Å². The van der Waals surface area contributed by atoms with Gasteiger partial charge in [0, 0.05) is 12.2 Å². The highest BCUT2D eigenvalue weighted by Crippen LogP contribution is 2.42. The SMILES string of the molecule is CCN(C(=O)C1(CC(=O)O)Cc2ccccc2C1)c1ccc(O)cc1. The fourth-order valence-electron chi connectivity index (χ4n) is 3.70. The van der Waals surface area contributed by atoms with Gasteiger partial charge in [-0.3, -0.25) is 9.59 Å². The zero-order chi connectivity index (χ0) is 18.0. The Morgan fingerprint density at radius 2 is 1.60 bits per heavy atom. The average molecular weight is 339 g/mol. The van der Waals surface area contributed by atoms with Crippen molar-refractivity contribution in [3.63, 3.8) is 0 Å². The van der Waals surface area contributed by atoms with Crippen LogP contribution in [-0.4, -0.2) is 28.6 Å². The first kappa shape index (κ1) is 17.0. The molecule has 0 fully saturated rings. The summed E-state index contributed by atoms with van der Waals surface area (Å²) in [4.78, 5) is 26.5. The number of anilines is 1. The number of aliphatic carboxylic acids is 1. The highest BCUT2D eigenvalue weighted by molar-refractivity contribution is 6.00. The second kappa shape index (κ2) is 6.59. The number of carboxylic acid groups (broad SMARTS) is 1. The first-order chi connectivity index (χ1) is 11.9. The Labute approximate surface area is 146 Å². The number of carboxylic acids is 1. The largest absolute Gasteiger partial charge is 0.508 e. The van der Waals surface area contributed by atoms with Gasteiger partial charge in [-0.1, -0.05) is 24.3 Å². The summed E-state index contributed by atoms with van der Waals surface area (Å²) in [6, 6.07) is 14.2. The predicted molar refractivity (Wildman–Crippen MR) is 94.7 cm³/mol. The van der Waals surface area contributed by atoms with E-state index in [1.54, 1.807) is 17.0 Å². The van der Waals surface area contributed by atoms with Gasteiger partial charge >= 0.3 is 5.97 Å². The number of phenols is 1. The van der Waals surface area contributed by atoms with E-state index in [0.29, 0.717) is 25.1 Å². The van der Waals surface area contributed by atoms with Crippen LogP contribution >= 0.6 is 0 Å². The predicted octanol–water partition coefficient (Wildman–Crippen LogP) is 3.01. The van der Waals surface area contributed by atoms with Gasteiger partial charge in [-0.2, -0.15) is 0 Å². The highest BCUT2D eigenvalue weighted by Gasteiger charge is 2.47. The second-order valence-corrected chi connectivity index (χ2v) is 6.54. The van der Waals surface area contributed by atoms with Crippen LogP contribution in [0.5, 0.6) is 5.75 Å². The van der Waals surface area contributed by atoms with E-state index in [4.69, 9.17) is 0 Å². The first-order valence-corrected chi connectivity index (χ1v) is 8.35. The van der Waals surface area contributed by atoms with Crippen molar-refractivity contribution in [2.45, 2.75) is 26.2 Å². The van der Waals surface area contributed by atoms with Crippen molar-refractivity contribution in [2.24, 2.45) is 5.41 Å². The molecule has 0 atom stereocenters. The maximum atomic E-state index is 13.4. The quantitative estimate of drug-likeness (QED) is 0.878. The number of aromatic hydroxyl groups is 1. The summed E-state index contributed by atoms with van der Waals surface area (Å²) in [7, 11) is 0. The molecule has 0 unspecified atom stereocenters. The summed E-state index contributed by atoms with van der Waals surface area (Å²) < 4.78 is 0. The molecular formula is C20H21NO4. The van der Waals surface area contributed by atoms with E-state index in [9.17, 15) is 19.8 Å². The summed E-state index contributed by atoms with van der Waals surface area (Å²) in [5, 5.41) is 18.9. The van der Waals surface area contributed by atoms with Gasteiger partial charge in [-0.05, 0) is 55.2 Å². The number of nitrogens with zero attached hydrogens (tertiary/aromatic N) is 1. The number of rotatable bonds is 5. The van der Waals surface area contributed by atoms with E-state index in [1.165, 1.54) is 12.1 Å². The van der Waals surface area contributed by atoms with Gasteiger partial charge in [0.25, 0.3) is 0 Å². The van der Waals surface area contributed by atoms with Gasteiger partial charge in [0.05, 0.1) is 11.8 Å². The number of amides is 1. The van der Waals surface area contributed by atoms with Crippen LogP contribution in [0.3, 0.4) is 0 Å². The Kier molecular flexibility index (Phi) is 4.49. The van der Waals surface area contributed by atoms with Crippen molar-refractivity contribution in [3.05, 3.63) is 59.7 Å². The van der Waals surface area contributed by atoms with E-state index < -0.39 is 11.4 Å². The Balaban J connectivity index is 1.97.